The number of aromatic amines is 1. The molecule has 0 aliphatic heterocycles. The van der Waals surface area contributed by atoms with Crippen molar-refractivity contribution >= 4 is 5.91 Å². The first-order valence-corrected chi connectivity index (χ1v) is 8.90. The smallest absolute Gasteiger partial charge is 0.220 e. The van der Waals surface area contributed by atoms with E-state index in [4.69, 9.17) is 4.52 Å². The quantitative estimate of drug-likeness (QED) is 0.676. The molecule has 0 aliphatic carbocycles. The number of nitrogens with zero attached hydrogens (tertiary/aromatic N) is 2. The number of nitrogens with one attached hydrogen (secondary N) is 2. The summed E-state index contributed by atoms with van der Waals surface area (Å²) in [5, 5.41) is 6.99. The summed E-state index contributed by atoms with van der Waals surface area (Å²) in [7, 11) is 0. The van der Waals surface area contributed by atoms with E-state index in [0.29, 0.717) is 12.8 Å². The first-order chi connectivity index (χ1) is 12.6. The number of H-pyrrole nitrogens is 1. The molecule has 0 saturated carbocycles. The average Bonchev–Trinajstić information content (AvgIpc) is 3.26. The molecule has 1 atom stereocenters. The molecule has 2 aromatic heterocycles. The fraction of sp³-hybridized carbons (Fsp3) is 0.350. The molecule has 1 amide bonds. The van der Waals surface area contributed by atoms with E-state index in [1.807, 2.05) is 57.3 Å². The summed E-state index contributed by atoms with van der Waals surface area (Å²) in [6, 6.07) is 9.88. The van der Waals surface area contributed by atoms with Crippen LogP contribution in [0.1, 0.15) is 48.6 Å². The SMILES string of the molecule is CC[C@H](NC(=O)CCc1c(C)noc1C)c1ncc(-c2ccccc2)[nH]1. The van der Waals surface area contributed by atoms with Crippen molar-refractivity contribution in [2.24, 2.45) is 0 Å². The summed E-state index contributed by atoms with van der Waals surface area (Å²) in [5.41, 5.74) is 3.88. The molecule has 0 radical (unpaired) electrons. The van der Waals surface area contributed by atoms with Crippen molar-refractivity contribution in [3.05, 3.63) is 59.4 Å². The molecule has 136 valence electrons. The van der Waals surface area contributed by atoms with E-state index < -0.39 is 0 Å². The van der Waals surface area contributed by atoms with Crippen molar-refractivity contribution in [1.82, 2.24) is 20.4 Å². The Morgan fingerprint density at radius 3 is 2.69 bits per heavy atom. The molecule has 3 rings (SSSR count). The molecule has 0 unspecified atom stereocenters. The summed E-state index contributed by atoms with van der Waals surface area (Å²) in [6.07, 6.45) is 3.59. The second kappa shape index (κ2) is 7.99. The van der Waals surface area contributed by atoms with E-state index >= 15 is 0 Å². The zero-order chi connectivity index (χ0) is 18.5. The van der Waals surface area contributed by atoms with E-state index in [1.54, 1.807) is 0 Å². The lowest BCUT2D eigenvalue weighted by molar-refractivity contribution is -0.121. The molecule has 2 N–H and O–H groups in total. The summed E-state index contributed by atoms with van der Waals surface area (Å²) in [4.78, 5) is 20.2. The Hall–Kier alpha value is -2.89. The maximum Gasteiger partial charge on any atom is 0.220 e. The number of imidazole rings is 1. The summed E-state index contributed by atoms with van der Waals surface area (Å²) < 4.78 is 5.15. The zero-order valence-corrected chi connectivity index (χ0v) is 15.4. The van der Waals surface area contributed by atoms with Gasteiger partial charge < -0.3 is 14.8 Å². The van der Waals surface area contributed by atoms with Gasteiger partial charge in [0.25, 0.3) is 0 Å². The molecule has 6 heteroatoms. The molecular weight excluding hydrogens is 328 g/mol. The summed E-state index contributed by atoms with van der Waals surface area (Å²) in [5.74, 6) is 1.55. The molecule has 2 heterocycles. The third-order valence-corrected chi connectivity index (χ3v) is 4.54. The van der Waals surface area contributed by atoms with Gasteiger partial charge in [0.15, 0.2) is 0 Å². The highest BCUT2D eigenvalue weighted by Crippen LogP contribution is 2.21. The highest BCUT2D eigenvalue weighted by Gasteiger charge is 2.17. The maximum absolute atomic E-state index is 12.4. The first kappa shape index (κ1) is 17.9. The Balaban J connectivity index is 1.62. The van der Waals surface area contributed by atoms with E-state index in [9.17, 15) is 4.79 Å². The number of rotatable bonds is 7. The van der Waals surface area contributed by atoms with Gasteiger partial charge in [-0.05, 0) is 32.3 Å². The monoisotopic (exact) mass is 352 g/mol. The van der Waals surface area contributed by atoms with Crippen molar-refractivity contribution in [2.45, 2.75) is 46.1 Å². The van der Waals surface area contributed by atoms with Gasteiger partial charge in [0, 0.05) is 12.0 Å². The van der Waals surface area contributed by atoms with E-state index in [1.165, 1.54) is 0 Å². The van der Waals surface area contributed by atoms with Gasteiger partial charge in [-0.15, -0.1) is 0 Å². The van der Waals surface area contributed by atoms with Crippen LogP contribution in [-0.4, -0.2) is 21.0 Å². The van der Waals surface area contributed by atoms with Gasteiger partial charge >= 0.3 is 0 Å². The molecule has 6 nitrogen and oxygen atoms in total. The number of hydrogen-bond acceptors (Lipinski definition) is 4. The van der Waals surface area contributed by atoms with Gasteiger partial charge in [-0.1, -0.05) is 42.4 Å². The number of hydrogen-bond donors (Lipinski definition) is 2. The number of benzene rings is 1. The Bertz CT molecular complexity index is 848. The second-order valence-electron chi connectivity index (χ2n) is 6.38. The van der Waals surface area contributed by atoms with Crippen LogP contribution < -0.4 is 5.32 Å². The zero-order valence-electron chi connectivity index (χ0n) is 15.4. The van der Waals surface area contributed by atoms with E-state index in [-0.39, 0.29) is 11.9 Å². The number of aryl methyl sites for hydroxylation is 2. The lowest BCUT2D eigenvalue weighted by Crippen LogP contribution is -2.29. The summed E-state index contributed by atoms with van der Waals surface area (Å²) in [6.45, 7) is 5.80. The lowest BCUT2D eigenvalue weighted by atomic mass is 10.1. The Morgan fingerprint density at radius 2 is 2.04 bits per heavy atom. The van der Waals surface area contributed by atoms with Crippen molar-refractivity contribution in [1.29, 1.82) is 0 Å². The van der Waals surface area contributed by atoms with Crippen molar-refractivity contribution in [3.8, 4) is 11.3 Å². The van der Waals surface area contributed by atoms with Crippen LogP contribution in [0, 0.1) is 13.8 Å². The van der Waals surface area contributed by atoms with Crippen LogP contribution in [0.2, 0.25) is 0 Å². The van der Waals surface area contributed by atoms with Crippen LogP contribution in [0.15, 0.2) is 41.1 Å². The minimum atomic E-state index is -0.135. The number of carbonyl (C=O) groups excluding carboxylic acids is 1. The predicted octanol–water partition coefficient (Wildman–Crippen LogP) is 3.88. The lowest BCUT2D eigenvalue weighted by Gasteiger charge is -2.14. The molecule has 0 bridgehead atoms. The molecule has 0 fully saturated rings. The second-order valence-corrected chi connectivity index (χ2v) is 6.38. The average molecular weight is 352 g/mol. The Labute approximate surface area is 153 Å². The summed E-state index contributed by atoms with van der Waals surface area (Å²) >= 11 is 0. The highest BCUT2D eigenvalue weighted by molar-refractivity contribution is 5.76. The fourth-order valence-corrected chi connectivity index (χ4v) is 3.01. The third-order valence-electron chi connectivity index (χ3n) is 4.54. The highest BCUT2D eigenvalue weighted by atomic mass is 16.5. The molecule has 26 heavy (non-hydrogen) atoms. The fourth-order valence-electron chi connectivity index (χ4n) is 3.01. The molecule has 0 aliphatic rings. The van der Waals surface area contributed by atoms with Gasteiger partial charge in [0.05, 0.1) is 23.6 Å². The van der Waals surface area contributed by atoms with Crippen LogP contribution in [0.25, 0.3) is 11.3 Å². The van der Waals surface area contributed by atoms with Gasteiger partial charge in [-0.25, -0.2) is 4.98 Å². The first-order valence-electron chi connectivity index (χ1n) is 8.90. The number of aromatic nitrogens is 3. The molecule has 3 aromatic rings. The standard InChI is InChI=1S/C20H24N4O2/c1-4-17(20-21-12-18(23-20)15-8-6-5-7-9-15)22-19(25)11-10-16-13(2)24-26-14(16)3/h5-9,12,17H,4,10-11H2,1-3H3,(H,21,23)(H,22,25)/t17-/m0/s1. The van der Waals surface area contributed by atoms with Crippen LogP contribution in [0.5, 0.6) is 0 Å². The van der Waals surface area contributed by atoms with Crippen molar-refractivity contribution in [3.63, 3.8) is 0 Å². The topological polar surface area (TPSA) is 83.8 Å². The van der Waals surface area contributed by atoms with Crippen molar-refractivity contribution in [2.75, 3.05) is 0 Å². The molecule has 0 spiro atoms. The van der Waals surface area contributed by atoms with Crippen LogP contribution >= 0.6 is 0 Å². The number of carbonyl (C=O) groups is 1. The van der Waals surface area contributed by atoms with E-state index in [0.717, 1.165) is 40.5 Å². The van der Waals surface area contributed by atoms with Crippen molar-refractivity contribution < 1.29 is 9.32 Å². The Morgan fingerprint density at radius 1 is 1.27 bits per heavy atom. The van der Waals surface area contributed by atoms with Crippen LogP contribution in [0.4, 0.5) is 0 Å². The Kier molecular flexibility index (Phi) is 5.51. The third kappa shape index (κ3) is 4.02. The maximum atomic E-state index is 12.4. The number of amides is 1. The normalized spacial score (nSPS) is 12.1. The molecule has 0 saturated heterocycles. The van der Waals surface area contributed by atoms with Gasteiger partial charge in [0.2, 0.25) is 5.91 Å². The van der Waals surface area contributed by atoms with Crippen LogP contribution in [-0.2, 0) is 11.2 Å². The van der Waals surface area contributed by atoms with Gasteiger partial charge in [-0.2, -0.15) is 0 Å². The predicted molar refractivity (Wildman–Crippen MR) is 99.5 cm³/mol. The van der Waals surface area contributed by atoms with Gasteiger partial charge in [-0.3, -0.25) is 4.79 Å². The molecular formula is C20H24N4O2. The molecule has 1 aromatic carbocycles. The minimum absolute atomic E-state index is 0.00508. The van der Waals surface area contributed by atoms with Gasteiger partial charge in [0.1, 0.15) is 11.6 Å². The minimum Gasteiger partial charge on any atom is -0.361 e. The van der Waals surface area contributed by atoms with Crippen LogP contribution in [0.3, 0.4) is 0 Å². The largest absolute Gasteiger partial charge is 0.361 e. The van der Waals surface area contributed by atoms with E-state index in [2.05, 4.69) is 20.4 Å².